The first kappa shape index (κ1) is 39.1. The van der Waals surface area contributed by atoms with Crippen LogP contribution in [-0.4, -0.2) is 107 Å². The number of amides is 5. The van der Waals surface area contributed by atoms with Gasteiger partial charge in [0.25, 0.3) is 0 Å². The number of carbonyl (C=O) groups excluding carboxylic acids is 5. The third-order valence-corrected chi connectivity index (χ3v) is 6.82. The summed E-state index contributed by atoms with van der Waals surface area (Å²) in [5, 5.41) is 40.5. The van der Waals surface area contributed by atoms with E-state index in [1.165, 1.54) is 12.1 Å². The molecule has 18 heteroatoms. The lowest BCUT2D eigenvalue weighted by Crippen LogP contribution is -2.58. The van der Waals surface area contributed by atoms with E-state index in [2.05, 4.69) is 31.6 Å². The molecule has 1 unspecified atom stereocenters. The van der Waals surface area contributed by atoms with Crippen molar-refractivity contribution in [1.82, 2.24) is 26.6 Å². The molecule has 0 bridgehead atoms. The zero-order valence-electron chi connectivity index (χ0n) is 25.8. The molecule has 1 aromatic carbocycles. The molecule has 1 rings (SSSR count). The number of hydrogen-bond acceptors (Lipinski definition) is 10. The lowest BCUT2D eigenvalue weighted by Gasteiger charge is -2.26. The molecule has 0 heterocycles. The Morgan fingerprint density at radius 1 is 0.870 bits per heavy atom. The van der Waals surface area contributed by atoms with Crippen molar-refractivity contribution in [3.63, 3.8) is 0 Å². The molecule has 0 aliphatic rings. The van der Waals surface area contributed by atoms with Gasteiger partial charge >= 0.3 is 5.97 Å². The molecular formula is C28H45N9O9. The van der Waals surface area contributed by atoms with E-state index in [-0.39, 0.29) is 44.1 Å². The minimum Gasteiger partial charge on any atom is -0.508 e. The number of nitrogens with zero attached hydrogens (tertiary/aromatic N) is 1. The molecule has 0 spiro atoms. The Labute approximate surface area is 265 Å². The first-order valence-corrected chi connectivity index (χ1v) is 14.6. The largest absolute Gasteiger partial charge is 0.508 e. The predicted molar refractivity (Wildman–Crippen MR) is 166 cm³/mol. The van der Waals surface area contributed by atoms with Gasteiger partial charge < -0.3 is 59.1 Å². The van der Waals surface area contributed by atoms with Crippen molar-refractivity contribution in [2.75, 3.05) is 26.2 Å². The average Bonchev–Trinajstić information content (AvgIpc) is 3.02. The molecule has 0 aliphatic heterocycles. The van der Waals surface area contributed by atoms with Crippen molar-refractivity contribution in [2.24, 2.45) is 28.1 Å². The van der Waals surface area contributed by atoms with Crippen LogP contribution >= 0.6 is 0 Å². The minimum atomic E-state index is -1.53. The zero-order valence-corrected chi connectivity index (χ0v) is 25.8. The van der Waals surface area contributed by atoms with Gasteiger partial charge in [-0.2, -0.15) is 0 Å². The standard InChI is InChI=1S/C28H45N9O9/c1-3-15(2)23(37-24(42)19(34-21(40)12-29)11-16-6-8-17(39)9-7-16)26(44)33-13-22(41)35-20(14-38)25(43)36-18(27(45)46)5-4-10-32-28(30)31/h6-9,15,18-20,23,38-39H,3-5,10-14,29H2,1-2H3,(H,33,44)(H,34,40)(H,35,41)(H,36,43)(H,37,42)(H,45,46)(H4,30,31,32)/t15?,18-,19-,20-,23-/m0/s1. The maximum Gasteiger partial charge on any atom is 0.326 e. The van der Waals surface area contributed by atoms with E-state index < -0.39 is 78.7 Å². The maximum absolute atomic E-state index is 13.2. The van der Waals surface area contributed by atoms with E-state index >= 15 is 0 Å². The third kappa shape index (κ3) is 14.2. The van der Waals surface area contributed by atoms with Crippen LogP contribution in [0.25, 0.3) is 0 Å². The van der Waals surface area contributed by atoms with Crippen molar-refractivity contribution < 1.29 is 44.1 Å². The van der Waals surface area contributed by atoms with Crippen LogP contribution in [0.5, 0.6) is 5.75 Å². The highest BCUT2D eigenvalue weighted by molar-refractivity contribution is 5.95. The molecule has 0 aromatic heterocycles. The summed E-state index contributed by atoms with van der Waals surface area (Å²) in [5.74, 6) is -5.80. The Morgan fingerprint density at radius 2 is 1.48 bits per heavy atom. The summed E-state index contributed by atoms with van der Waals surface area (Å²) in [6.45, 7) is 1.71. The number of benzene rings is 1. The number of nitrogens with one attached hydrogen (secondary N) is 5. The number of carboxylic acid groups (broad SMARTS) is 1. The number of hydrogen-bond donors (Lipinski definition) is 11. The van der Waals surface area contributed by atoms with Crippen molar-refractivity contribution in [3.8, 4) is 5.75 Å². The topological polar surface area (TPSA) is 314 Å². The van der Waals surface area contributed by atoms with E-state index in [0.29, 0.717) is 12.0 Å². The SMILES string of the molecule is CCC(C)[C@H](NC(=O)[C@H](Cc1ccc(O)cc1)NC(=O)CN)C(=O)NCC(=O)N[C@@H](CO)C(=O)N[C@@H](CCCN=C(N)N)C(=O)O. The van der Waals surface area contributed by atoms with E-state index in [1.807, 2.05) is 0 Å². The number of nitrogens with two attached hydrogens (primary N) is 3. The van der Waals surface area contributed by atoms with Crippen molar-refractivity contribution in [1.29, 1.82) is 0 Å². The van der Waals surface area contributed by atoms with Gasteiger partial charge in [-0.05, 0) is 36.5 Å². The van der Waals surface area contributed by atoms with Gasteiger partial charge in [0.15, 0.2) is 5.96 Å². The number of aliphatic hydroxyl groups excluding tert-OH is 1. The zero-order chi connectivity index (χ0) is 34.8. The summed E-state index contributed by atoms with van der Waals surface area (Å²) >= 11 is 0. The van der Waals surface area contributed by atoms with E-state index in [0.717, 1.165) is 0 Å². The molecule has 5 atom stereocenters. The number of carbonyl (C=O) groups is 6. The number of carboxylic acids is 1. The number of phenols is 1. The highest BCUT2D eigenvalue weighted by Crippen LogP contribution is 2.13. The summed E-state index contributed by atoms with van der Waals surface area (Å²) in [7, 11) is 0. The van der Waals surface area contributed by atoms with Crippen molar-refractivity contribution in [3.05, 3.63) is 29.8 Å². The number of rotatable bonds is 20. The quantitative estimate of drug-likeness (QED) is 0.0366. The fraction of sp³-hybridized carbons (Fsp3) is 0.536. The van der Waals surface area contributed by atoms with Crippen LogP contribution in [0.15, 0.2) is 29.3 Å². The average molecular weight is 652 g/mol. The molecule has 0 aliphatic carbocycles. The Morgan fingerprint density at radius 3 is 2.02 bits per heavy atom. The Hall–Kier alpha value is -4.97. The normalized spacial score (nSPS) is 13.9. The molecule has 0 fully saturated rings. The highest BCUT2D eigenvalue weighted by Gasteiger charge is 2.31. The molecule has 0 saturated heterocycles. The molecule has 18 nitrogen and oxygen atoms in total. The Balaban J connectivity index is 2.86. The van der Waals surface area contributed by atoms with Gasteiger partial charge in [-0.1, -0.05) is 32.4 Å². The van der Waals surface area contributed by atoms with Gasteiger partial charge in [-0.3, -0.25) is 29.0 Å². The van der Waals surface area contributed by atoms with Crippen LogP contribution in [0.4, 0.5) is 0 Å². The predicted octanol–water partition coefficient (Wildman–Crippen LogP) is -3.87. The summed E-state index contributed by atoms with van der Waals surface area (Å²) in [6, 6.07) is 0.852. The van der Waals surface area contributed by atoms with E-state index in [1.54, 1.807) is 26.0 Å². The molecule has 1 aromatic rings. The summed E-state index contributed by atoms with van der Waals surface area (Å²) < 4.78 is 0. The minimum absolute atomic E-state index is 0.0136. The molecule has 5 amide bonds. The number of phenolic OH excluding ortho intramolecular Hbond substituents is 1. The van der Waals surface area contributed by atoms with Crippen LogP contribution in [0.1, 0.15) is 38.7 Å². The van der Waals surface area contributed by atoms with Crippen LogP contribution < -0.4 is 43.8 Å². The van der Waals surface area contributed by atoms with Gasteiger partial charge in [-0.25, -0.2) is 4.79 Å². The first-order chi connectivity index (χ1) is 21.7. The van der Waals surface area contributed by atoms with Crippen molar-refractivity contribution in [2.45, 2.75) is 63.7 Å². The number of aliphatic hydroxyl groups is 1. The van der Waals surface area contributed by atoms with Gasteiger partial charge in [-0.15, -0.1) is 0 Å². The third-order valence-electron chi connectivity index (χ3n) is 6.82. The summed E-state index contributed by atoms with van der Waals surface area (Å²) in [6.07, 6.45) is 0.668. The second-order valence-electron chi connectivity index (χ2n) is 10.4. The van der Waals surface area contributed by atoms with Crippen molar-refractivity contribution >= 4 is 41.5 Å². The number of guanidine groups is 1. The van der Waals surface area contributed by atoms with Gasteiger partial charge in [0.05, 0.1) is 19.7 Å². The highest BCUT2D eigenvalue weighted by atomic mass is 16.4. The summed E-state index contributed by atoms with van der Waals surface area (Å²) in [5.41, 5.74) is 16.5. The number of aromatic hydroxyl groups is 1. The van der Waals surface area contributed by atoms with E-state index in [4.69, 9.17) is 17.2 Å². The van der Waals surface area contributed by atoms with E-state index in [9.17, 15) is 44.1 Å². The van der Waals surface area contributed by atoms with Gasteiger partial charge in [0.2, 0.25) is 29.5 Å². The van der Waals surface area contributed by atoms with Crippen LogP contribution in [0.3, 0.4) is 0 Å². The maximum atomic E-state index is 13.2. The number of aliphatic carboxylic acids is 1. The monoisotopic (exact) mass is 651 g/mol. The first-order valence-electron chi connectivity index (χ1n) is 14.6. The molecule has 0 saturated carbocycles. The lowest BCUT2D eigenvalue weighted by molar-refractivity contribution is -0.142. The molecule has 14 N–H and O–H groups in total. The second-order valence-corrected chi connectivity index (χ2v) is 10.4. The fourth-order valence-electron chi connectivity index (χ4n) is 4.04. The smallest absolute Gasteiger partial charge is 0.326 e. The fourth-order valence-corrected chi connectivity index (χ4v) is 4.04. The van der Waals surface area contributed by atoms with Crippen LogP contribution in [0.2, 0.25) is 0 Å². The molecule has 0 radical (unpaired) electrons. The summed E-state index contributed by atoms with van der Waals surface area (Å²) in [4.78, 5) is 78.8. The molecule has 46 heavy (non-hydrogen) atoms. The van der Waals surface area contributed by atoms with Crippen LogP contribution in [0, 0.1) is 5.92 Å². The Kier molecular flexibility index (Phi) is 17.1. The Bertz CT molecular complexity index is 1220. The van der Waals surface area contributed by atoms with Gasteiger partial charge in [0.1, 0.15) is 29.9 Å². The van der Waals surface area contributed by atoms with Crippen LogP contribution in [-0.2, 0) is 35.2 Å². The lowest BCUT2D eigenvalue weighted by atomic mass is 9.97. The second kappa shape index (κ2) is 20.1. The number of aliphatic imine (C=N–C) groups is 1. The molecule has 256 valence electrons. The molecular weight excluding hydrogens is 606 g/mol. The van der Waals surface area contributed by atoms with Gasteiger partial charge in [0, 0.05) is 13.0 Å².